The van der Waals surface area contributed by atoms with Crippen LogP contribution < -0.4 is 0 Å². The van der Waals surface area contributed by atoms with Gasteiger partial charge in [-0.15, -0.1) is 0 Å². The lowest BCUT2D eigenvalue weighted by atomic mass is 10.1. The first kappa shape index (κ1) is 12.7. The summed E-state index contributed by atoms with van der Waals surface area (Å²) in [7, 11) is 0. The van der Waals surface area contributed by atoms with Crippen LogP contribution in [0.5, 0.6) is 0 Å². The Bertz CT molecular complexity index is 454. The van der Waals surface area contributed by atoms with Crippen LogP contribution >= 0.6 is 15.9 Å². The molecule has 0 fully saturated rings. The molecule has 0 spiro atoms. The number of hydrogen-bond donors (Lipinski definition) is 0. The minimum Gasteiger partial charge on any atom is -0.466 e. The number of hydrogen-bond acceptors (Lipinski definition) is 3. The molecule has 1 rings (SSSR count). The summed E-state index contributed by atoms with van der Waals surface area (Å²) >= 11 is 2.98. The molecule has 0 N–H and O–H groups in total. The monoisotopic (exact) mass is 285 g/mol. The predicted molar refractivity (Wildman–Crippen MR) is 59.2 cm³/mol. The van der Waals surface area contributed by atoms with Crippen LogP contribution in [0, 0.1) is 17.1 Å². The van der Waals surface area contributed by atoms with E-state index in [4.69, 9.17) is 10.00 Å². The highest BCUT2D eigenvalue weighted by Crippen LogP contribution is 2.21. The van der Waals surface area contributed by atoms with Gasteiger partial charge in [-0.25, -0.2) is 4.39 Å². The summed E-state index contributed by atoms with van der Waals surface area (Å²) in [4.78, 5) is 11.2. The van der Waals surface area contributed by atoms with Crippen molar-refractivity contribution in [2.45, 2.75) is 13.3 Å². The van der Waals surface area contributed by atoms with E-state index in [1.165, 1.54) is 12.1 Å². The Labute approximate surface area is 101 Å². The molecule has 0 aliphatic heterocycles. The van der Waals surface area contributed by atoms with Crippen molar-refractivity contribution in [2.24, 2.45) is 0 Å². The highest BCUT2D eigenvalue weighted by Gasteiger charge is 2.12. The molecule has 0 aliphatic rings. The summed E-state index contributed by atoms with van der Waals surface area (Å²) in [5, 5.41) is 8.83. The number of nitrogens with zero attached hydrogens (tertiary/aromatic N) is 1. The highest BCUT2D eigenvalue weighted by atomic mass is 79.9. The third kappa shape index (κ3) is 3.04. The standard InChI is InChI=1S/C11H9BrFNO2/c1-2-16-11(15)5-7-4-10(13)9(12)3-8(7)6-14/h3-4H,2,5H2,1H3. The topological polar surface area (TPSA) is 50.1 Å². The van der Waals surface area contributed by atoms with E-state index in [0.29, 0.717) is 5.56 Å². The van der Waals surface area contributed by atoms with Gasteiger partial charge in [0, 0.05) is 0 Å². The van der Waals surface area contributed by atoms with E-state index < -0.39 is 11.8 Å². The van der Waals surface area contributed by atoms with Crippen LogP contribution in [-0.4, -0.2) is 12.6 Å². The maximum atomic E-state index is 13.2. The summed E-state index contributed by atoms with van der Waals surface area (Å²) in [5.74, 6) is -0.973. The minimum absolute atomic E-state index is 0.0963. The third-order valence-corrected chi connectivity index (χ3v) is 2.51. The number of esters is 1. The molecule has 0 heterocycles. The van der Waals surface area contributed by atoms with Gasteiger partial charge in [-0.1, -0.05) is 0 Å². The Morgan fingerprint density at radius 1 is 1.62 bits per heavy atom. The lowest BCUT2D eigenvalue weighted by molar-refractivity contribution is -0.142. The number of carbonyl (C=O) groups is 1. The van der Waals surface area contributed by atoms with E-state index in [1.807, 2.05) is 6.07 Å². The molecule has 0 saturated heterocycles. The molecule has 1 aromatic rings. The van der Waals surface area contributed by atoms with Gasteiger partial charge in [-0.3, -0.25) is 4.79 Å². The van der Waals surface area contributed by atoms with Crippen molar-refractivity contribution in [3.8, 4) is 6.07 Å². The molecule has 0 atom stereocenters. The number of halogens is 2. The number of benzene rings is 1. The van der Waals surface area contributed by atoms with E-state index >= 15 is 0 Å². The van der Waals surface area contributed by atoms with E-state index in [0.717, 1.165) is 0 Å². The first-order valence-electron chi connectivity index (χ1n) is 4.62. The van der Waals surface area contributed by atoms with Crippen LogP contribution in [0.2, 0.25) is 0 Å². The number of carbonyl (C=O) groups excluding carboxylic acids is 1. The molecule has 84 valence electrons. The van der Waals surface area contributed by atoms with Crippen molar-refractivity contribution in [2.75, 3.05) is 6.61 Å². The summed E-state index contributed by atoms with van der Waals surface area (Å²) in [5.41, 5.74) is 0.600. The molecule has 0 saturated carbocycles. The first-order valence-corrected chi connectivity index (χ1v) is 5.41. The Morgan fingerprint density at radius 3 is 2.88 bits per heavy atom. The molecular weight excluding hydrogens is 277 g/mol. The second kappa shape index (κ2) is 5.61. The van der Waals surface area contributed by atoms with Gasteiger partial charge in [0.1, 0.15) is 5.82 Å². The van der Waals surface area contributed by atoms with E-state index in [1.54, 1.807) is 6.92 Å². The normalized spacial score (nSPS) is 9.62. The third-order valence-electron chi connectivity index (χ3n) is 1.91. The smallest absolute Gasteiger partial charge is 0.310 e. The number of nitriles is 1. The molecule has 0 radical (unpaired) electrons. The van der Waals surface area contributed by atoms with Crippen molar-refractivity contribution in [1.82, 2.24) is 0 Å². The average molecular weight is 286 g/mol. The molecular formula is C11H9BrFNO2. The molecule has 1 aromatic carbocycles. The fourth-order valence-corrected chi connectivity index (χ4v) is 1.55. The predicted octanol–water partition coefficient (Wildman–Crippen LogP) is 2.57. The highest BCUT2D eigenvalue weighted by molar-refractivity contribution is 9.10. The summed E-state index contributed by atoms with van der Waals surface area (Å²) < 4.78 is 18.2. The molecule has 0 unspecified atom stereocenters. The molecule has 16 heavy (non-hydrogen) atoms. The van der Waals surface area contributed by atoms with Gasteiger partial charge in [0.25, 0.3) is 0 Å². The van der Waals surface area contributed by atoms with Crippen LogP contribution in [0.3, 0.4) is 0 Å². The van der Waals surface area contributed by atoms with Gasteiger partial charge in [0.05, 0.1) is 29.1 Å². The fourth-order valence-electron chi connectivity index (χ4n) is 1.21. The maximum Gasteiger partial charge on any atom is 0.310 e. The van der Waals surface area contributed by atoms with Gasteiger partial charge < -0.3 is 4.74 Å². The van der Waals surface area contributed by atoms with Gasteiger partial charge in [-0.05, 0) is 40.5 Å². The van der Waals surface area contributed by atoms with Gasteiger partial charge >= 0.3 is 5.97 Å². The van der Waals surface area contributed by atoms with Gasteiger partial charge in [0.2, 0.25) is 0 Å². The second-order valence-electron chi connectivity index (χ2n) is 3.02. The Morgan fingerprint density at radius 2 is 2.31 bits per heavy atom. The SMILES string of the molecule is CCOC(=O)Cc1cc(F)c(Br)cc1C#N. The zero-order valence-electron chi connectivity index (χ0n) is 8.59. The van der Waals surface area contributed by atoms with Crippen LogP contribution in [-0.2, 0) is 16.0 Å². The average Bonchev–Trinajstić information content (AvgIpc) is 2.23. The largest absolute Gasteiger partial charge is 0.466 e. The second-order valence-corrected chi connectivity index (χ2v) is 3.87. The zero-order valence-corrected chi connectivity index (χ0v) is 10.2. The van der Waals surface area contributed by atoms with Crippen molar-refractivity contribution < 1.29 is 13.9 Å². The van der Waals surface area contributed by atoms with Crippen LogP contribution in [0.25, 0.3) is 0 Å². The van der Waals surface area contributed by atoms with Crippen LogP contribution in [0.4, 0.5) is 4.39 Å². The van der Waals surface area contributed by atoms with Crippen LogP contribution in [0.1, 0.15) is 18.1 Å². The summed E-state index contributed by atoms with van der Waals surface area (Å²) in [6.45, 7) is 1.95. The minimum atomic E-state index is -0.502. The Balaban J connectivity index is 3.00. The van der Waals surface area contributed by atoms with Crippen molar-refractivity contribution in [3.05, 3.63) is 33.5 Å². The molecule has 0 aromatic heterocycles. The molecule has 5 heteroatoms. The maximum absolute atomic E-state index is 13.2. The lowest BCUT2D eigenvalue weighted by Gasteiger charge is -2.05. The van der Waals surface area contributed by atoms with Crippen molar-refractivity contribution >= 4 is 21.9 Å². The van der Waals surface area contributed by atoms with Crippen molar-refractivity contribution in [3.63, 3.8) is 0 Å². The van der Waals surface area contributed by atoms with Gasteiger partial charge in [-0.2, -0.15) is 5.26 Å². The summed E-state index contributed by atoms with van der Waals surface area (Å²) in [6, 6.07) is 4.42. The molecule has 0 bridgehead atoms. The van der Waals surface area contributed by atoms with E-state index in [2.05, 4.69) is 15.9 Å². The van der Waals surface area contributed by atoms with Crippen molar-refractivity contribution in [1.29, 1.82) is 5.26 Å². The molecule has 0 aliphatic carbocycles. The lowest BCUT2D eigenvalue weighted by Crippen LogP contribution is -2.09. The fraction of sp³-hybridized carbons (Fsp3) is 0.273. The Kier molecular flexibility index (Phi) is 4.44. The first-order chi connectivity index (χ1) is 7.58. The summed E-state index contributed by atoms with van der Waals surface area (Å²) in [6.07, 6.45) is -0.0963. The Hall–Kier alpha value is -1.41. The number of ether oxygens (including phenoxy) is 1. The molecule has 0 amide bonds. The van der Waals surface area contributed by atoms with E-state index in [-0.39, 0.29) is 23.1 Å². The van der Waals surface area contributed by atoms with Crippen LogP contribution in [0.15, 0.2) is 16.6 Å². The molecule has 3 nitrogen and oxygen atoms in total. The number of rotatable bonds is 3. The zero-order chi connectivity index (χ0) is 12.1. The van der Waals surface area contributed by atoms with Gasteiger partial charge in [0.15, 0.2) is 0 Å². The quantitative estimate of drug-likeness (QED) is 0.802. The van der Waals surface area contributed by atoms with E-state index in [9.17, 15) is 9.18 Å².